The van der Waals surface area contributed by atoms with E-state index in [4.69, 9.17) is 11.5 Å². The number of nitrogens with zero attached hydrogens (tertiary/aromatic N) is 2. The second-order valence-electron chi connectivity index (χ2n) is 8.50. The van der Waals surface area contributed by atoms with Gasteiger partial charge in [0.05, 0.1) is 18.8 Å². The molecule has 0 bridgehead atoms. The molecule has 2 heterocycles. The maximum atomic E-state index is 13.1. The number of aliphatic imine (C=N–C) groups is 1. The van der Waals surface area contributed by atoms with Crippen molar-refractivity contribution >= 4 is 35.6 Å². The van der Waals surface area contributed by atoms with Gasteiger partial charge in [-0.3, -0.25) is 24.2 Å². The molecule has 16 heteroatoms. The first kappa shape index (κ1) is 29.0. The zero-order chi connectivity index (χ0) is 27.4. The minimum Gasteiger partial charge on any atom is -0.481 e. The van der Waals surface area contributed by atoms with E-state index in [0.717, 1.165) is 6.42 Å². The van der Waals surface area contributed by atoms with E-state index in [9.17, 15) is 34.2 Å². The van der Waals surface area contributed by atoms with Crippen LogP contribution in [0.3, 0.4) is 0 Å². The molecule has 1 aliphatic rings. The first-order valence-corrected chi connectivity index (χ1v) is 11.7. The lowest BCUT2D eigenvalue weighted by Crippen LogP contribution is -2.58. The van der Waals surface area contributed by atoms with Gasteiger partial charge >= 0.3 is 11.9 Å². The first-order chi connectivity index (χ1) is 17.6. The smallest absolute Gasteiger partial charge is 0.326 e. The number of H-pyrrole nitrogens is 1. The van der Waals surface area contributed by atoms with Crippen LogP contribution in [0.4, 0.5) is 0 Å². The van der Waals surface area contributed by atoms with Gasteiger partial charge in [-0.15, -0.1) is 0 Å². The van der Waals surface area contributed by atoms with Crippen molar-refractivity contribution in [2.24, 2.45) is 16.5 Å². The van der Waals surface area contributed by atoms with Gasteiger partial charge < -0.3 is 47.9 Å². The van der Waals surface area contributed by atoms with Crippen LogP contribution in [0.1, 0.15) is 37.8 Å². The molecule has 1 aliphatic heterocycles. The summed E-state index contributed by atoms with van der Waals surface area (Å²) in [5, 5.41) is 28.9. The zero-order valence-corrected chi connectivity index (χ0v) is 20.1. The van der Waals surface area contributed by atoms with Gasteiger partial charge in [0.25, 0.3) is 0 Å². The summed E-state index contributed by atoms with van der Waals surface area (Å²) in [5.74, 6) is -5.16. The van der Waals surface area contributed by atoms with E-state index in [1.54, 1.807) is 0 Å². The normalized spacial score (nSPS) is 17.1. The maximum absolute atomic E-state index is 13.1. The molecule has 3 amide bonds. The summed E-state index contributed by atoms with van der Waals surface area (Å²) < 4.78 is 0. The van der Waals surface area contributed by atoms with E-state index in [2.05, 4.69) is 36.2 Å². The Labute approximate surface area is 212 Å². The standard InChI is InChI=1S/C21H33N9O7/c22-21(23)26-6-2-4-13(20(36)37)28-19(35)15(8-16(31)32)30-18(34)14(7-11-9-24-10-27-11)29-17(33)12-3-1-5-25-12/h9-10,12-15,25H,1-8H2,(H,24,27)(H,28,35)(H,29,33)(H,30,34)(H,31,32)(H,36,37)(H4,22,23,26). The molecule has 0 spiro atoms. The third-order valence-electron chi connectivity index (χ3n) is 5.56. The van der Waals surface area contributed by atoms with Gasteiger partial charge in [-0.2, -0.15) is 0 Å². The van der Waals surface area contributed by atoms with E-state index in [0.29, 0.717) is 18.7 Å². The number of carbonyl (C=O) groups excluding carboxylic acids is 3. The Morgan fingerprint density at radius 3 is 2.35 bits per heavy atom. The van der Waals surface area contributed by atoms with Gasteiger partial charge in [-0.1, -0.05) is 0 Å². The topological polar surface area (TPSA) is 267 Å². The summed E-state index contributed by atoms with van der Waals surface area (Å²) >= 11 is 0. The quantitative estimate of drug-likeness (QED) is 0.0626. The third-order valence-corrected chi connectivity index (χ3v) is 5.56. The van der Waals surface area contributed by atoms with E-state index >= 15 is 0 Å². The van der Waals surface area contributed by atoms with Crippen molar-refractivity contribution in [1.82, 2.24) is 31.2 Å². The number of hydrogen-bond acceptors (Lipinski definition) is 8. The van der Waals surface area contributed by atoms with Crippen molar-refractivity contribution in [2.45, 2.75) is 62.7 Å². The van der Waals surface area contributed by atoms with Crippen LogP contribution < -0.4 is 32.7 Å². The molecule has 16 nitrogen and oxygen atoms in total. The van der Waals surface area contributed by atoms with Crippen molar-refractivity contribution in [3.8, 4) is 0 Å². The number of aliphatic carboxylic acids is 2. The lowest BCUT2D eigenvalue weighted by Gasteiger charge is -2.24. The average Bonchev–Trinajstić information content (AvgIpc) is 3.53. The Balaban J connectivity index is 2.11. The van der Waals surface area contributed by atoms with Crippen molar-refractivity contribution < 1.29 is 34.2 Å². The monoisotopic (exact) mass is 523 g/mol. The highest BCUT2D eigenvalue weighted by atomic mass is 16.4. The predicted octanol–water partition coefficient (Wildman–Crippen LogP) is -3.23. The molecule has 1 aromatic heterocycles. The van der Waals surface area contributed by atoms with Gasteiger partial charge in [-0.05, 0) is 32.2 Å². The SMILES string of the molecule is NC(N)=NCCCC(NC(=O)C(CC(=O)O)NC(=O)C(Cc1cnc[nH]1)NC(=O)C1CCCN1)C(=O)O. The second-order valence-corrected chi connectivity index (χ2v) is 8.50. The molecule has 37 heavy (non-hydrogen) atoms. The third kappa shape index (κ3) is 10.1. The van der Waals surface area contributed by atoms with Gasteiger partial charge in [0.2, 0.25) is 17.7 Å². The molecule has 0 aliphatic carbocycles. The van der Waals surface area contributed by atoms with Gasteiger partial charge in [0, 0.05) is 24.9 Å². The molecule has 1 fully saturated rings. The maximum Gasteiger partial charge on any atom is 0.326 e. The number of amides is 3. The summed E-state index contributed by atoms with van der Waals surface area (Å²) in [6.07, 6.45) is 3.60. The van der Waals surface area contributed by atoms with Crippen LogP contribution >= 0.6 is 0 Å². The van der Waals surface area contributed by atoms with E-state index in [-0.39, 0.29) is 31.8 Å². The highest BCUT2D eigenvalue weighted by molar-refractivity contribution is 5.95. The number of rotatable bonds is 15. The number of carboxylic acids is 2. The molecule has 2 rings (SSSR count). The number of aromatic amines is 1. The summed E-state index contributed by atoms with van der Waals surface area (Å²) in [4.78, 5) is 72.0. The van der Waals surface area contributed by atoms with Crippen LogP contribution in [0.15, 0.2) is 17.5 Å². The Kier molecular flexibility index (Phi) is 11.3. The number of nitrogens with one attached hydrogen (secondary N) is 5. The van der Waals surface area contributed by atoms with Crippen LogP contribution in [0.5, 0.6) is 0 Å². The number of aromatic nitrogens is 2. The minimum absolute atomic E-state index is 0.00571. The van der Waals surface area contributed by atoms with Crippen LogP contribution in [0.2, 0.25) is 0 Å². The number of nitrogens with two attached hydrogens (primary N) is 2. The fourth-order valence-corrected chi connectivity index (χ4v) is 3.70. The molecule has 204 valence electrons. The van der Waals surface area contributed by atoms with E-state index in [1.165, 1.54) is 12.5 Å². The van der Waals surface area contributed by atoms with Crippen molar-refractivity contribution in [3.63, 3.8) is 0 Å². The molecule has 1 saturated heterocycles. The molecule has 4 atom stereocenters. The fraction of sp³-hybridized carbons (Fsp3) is 0.571. The highest BCUT2D eigenvalue weighted by Gasteiger charge is 2.32. The number of guanidine groups is 1. The summed E-state index contributed by atoms with van der Waals surface area (Å²) in [6.45, 7) is 0.787. The minimum atomic E-state index is -1.60. The summed E-state index contributed by atoms with van der Waals surface area (Å²) in [7, 11) is 0. The van der Waals surface area contributed by atoms with Gasteiger partial charge in [0.15, 0.2) is 5.96 Å². The predicted molar refractivity (Wildman–Crippen MR) is 129 cm³/mol. The Hall–Kier alpha value is -4.21. The van der Waals surface area contributed by atoms with Crippen LogP contribution in [0, 0.1) is 0 Å². The van der Waals surface area contributed by atoms with E-state index in [1.807, 2.05) is 0 Å². The second kappa shape index (κ2) is 14.4. The molecule has 0 saturated carbocycles. The average molecular weight is 524 g/mol. The number of hydrogen-bond donors (Lipinski definition) is 9. The summed E-state index contributed by atoms with van der Waals surface area (Å²) in [6, 6.07) is -4.61. The summed E-state index contributed by atoms with van der Waals surface area (Å²) in [5.41, 5.74) is 11.0. The van der Waals surface area contributed by atoms with Gasteiger partial charge in [-0.25, -0.2) is 9.78 Å². The van der Waals surface area contributed by atoms with Crippen molar-refractivity contribution in [1.29, 1.82) is 0 Å². The van der Waals surface area contributed by atoms with Crippen molar-refractivity contribution in [2.75, 3.05) is 13.1 Å². The lowest BCUT2D eigenvalue weighted by molar-refractivity contribution is -0.143. The van der Waals surface area contributed by atoms with Crippen LogP contribution in [-0.2, 0) is 30.4 Å². The molecule has 0 aromatic carbocycles. The number of imidazole rings is 1. The van der Waals surface area contributed by atoms with Crippen molar-refractivity contribution in [3.05, 3.63) is 18.2 Å². The molecule has 11 N–H and O–H groups in total. The van der Waals surface area contributed by atoms with E-state index < -0.39 is 60.2 Å². The molecule has 1 aromatic rings. The van der Waals surface area contributed by atoms with Gasteiger partial charge in [0.1, 0.15) is 18.1 Å². The Morgan fingerprint density at radius 1 is 1.08 bits per heavy atom. The molecule has 0 radical (unpaired) electrons. The molecular formula is C21H33N9O7. The lowest BCUT2D eigenvalue weighted by atomic mass is 10.1. The Bertz CT molecular complexity index is 973. The zero-order valence-electron chi connectivity index (χ0n) is 20.1. The first-order valence-electron chi connectivity index (χ1n) is 11.7. The Morgan fingerprint density at radius 2 is 1.78 bits per heavy atom. The molecular weight excluding hydrogens is 490 g/mol. The number of carbonyl (C=O) groups is 5. The van der Waals surface area contributed by atoms with Crippen LogP contribution in [-0.4, -0.2) is 93.1 Å². The fourth-order valence-electron chi connectivity index (χ4n) is 3.70. The largest absolute Gasteiger partial charge is 0.481 e. The van der Waals surface area contributed by atoms with Crippen LogP contribution in [0.25, 0.3) is 0 Å². The molecule has 4 unspecified atom stereocenters. The number of carboxylic acid groups (broad SMARTS) is 2. The highest BCUT2D eigenvalue weighted by Crippen LogP contribution is 2.08.